The predicted octanol–water partition coefficient (Wildman–Crippen LogP) is 0.998. The fraction of sp³-hybridized carbons (Fsp3) is 0.385. The Bertz CT molecular complexity index is 607. The fourth-order valence-electron chi connectivity index (χ4n) is 1.87. The van der Waals surface area contributed by atoms with E-state index >= 15 is 0 Å². The summed E-state index contributed by atoms with van der Waals surface area (Å²) in [6, 6.07) is 3.79. The zero-order chi connectivity index (χ0) is 16.2. The van der Waals surface area contributed by atoms with Gasteiger partial charge in [0, 0.05) is 12.1 Å². The minimum Gasteiger partial charge on any atom is -0.465 e. The van der Waals surface area contributed by atoms with Gasteiger partial charge in [-0.3, -0.25) is 10.1 Å². The van der Waals surface area contributed by atoms with Gasteiger partial charge in [-0.25, -0.2) is 4.79 Å². The van der Waals surface area contributed by atoms with Gasteiger partial charge >= 0.3 is 5.97 Å². The number of nitro benzene ring substituents is 1. The van der Waals surface area contributed by atoms with Gasteiger partial charge in [-0.05, 0) is 18.1 Å². The van der Waals surface area contributed by atoms with Crippen molar-refractivity contribution in [3.8, 4) is 6.07 Å². The average molecular weight is 294 g/mol. The first-order valence-corrected chi connectivity index (χ1v) is 5.93. The maximum atomic E-state index is 11.6. The van der Waals surface area contributed by atoms with Crippen LogP contribution < -0.4 is 0 Å². The molecule has 0 bridgehead atoms. The van der Waals surface area contributed by atoms with Crippen LogP contribution in [-0.2, 0) is 4.74 Å². The van der Waals surface area contributed by atoms with Crippen molar-refractivity contribution in [2.75, 3.05) is 7.11 Å². The van der Waals surface area contributed by atoms with Crippen LogP contribution in [0.5, 0.6) is 0 Å². The number of esters is 1. The molecular formula is C13H14N2O6. The van der Waals surface area contributed by atoms with E-state index < -0.39 is 28.8 Å². The van der Waals surface area contributed by atoms with E-state index in [0.717, 1.165) is 19.2 Å². The number of aliphatic hydroxyl groups is 2. The zero-order valence-corrected chi connectivity index (χ0v) is 11.4. The molecule has 0 fully saturated rings. The number of hydrogen-bond donors (Lipinski definition) is 2. The molecule has 2 N–H and O–H groups in total. The lowest BCUT2D eigenvalue weighted by Gasteiger charge is -2.19. The monoisotopic (exact) mass is 294 g/mol. The Morgan fingerprint density at radius 3 is 2.62 bits per heavy atom. The fourth-order valence-corrected chi connectivity index (χ4v) is 1.87. The Morgan fingerprint density at radius 2 is 2.14 bits per heavy atom. The third-order valence-electron chi connectivity index (χ3n) is 3.03. The highest BCUT2D eigenvalue weighted by Gasteiger charge is 2.26. The number of benzene rings is 1. The first-order chi connectivity index (χ1) is 9.83. The van der Waals surface area contributed by atoms with Crippen LogP contribution in [0, 0.1) is 28.4 Å². The predicted molar refractivity (Wildman–Crippen MR) is 70.4 cm³/mol. The van der Waals surface area contributed by atoms with Crippen molar-refractivity contribution in [3.05, 3.63) is 38.9 Å². The molecule has 0 aliphatic carbocycles. The van der Waals surface area contributed by atoms with Crippen LogP contribution >= 0.6 is 0 Å². The number of hydrogen-bond acceptors (Lipinski definition) is 7. The van der Waals surface area contributed by atoms with E-state index in [1.165, 1.54) is 6.92 Å². The van der Waals surface area contributed by atoms with Crippen molar-refractivity contribution in [2.24, 2.45) is 0 Å². The van der Waals surface area contributed by atoms with Gasteiger partial charge in [0.2, 0.25) is 0 Å². The zero-order valence-electron chi connectivity index (χ0n) is 11.4. The van der Waals surface area contributed by atoms with Crippen LogP contribution in [0.1, 0.15) is 34.0 Å². The number of methoxy groups -OCH3 is 1. The van der Waals surface area contributed by atoms with E-state index in [0.29, 0.717) is 0 Å². The summed E-state index contributed by atoms with van der Waals surface area (Å²) in [7, 11) is 1.13. The van der Waals surface area contributed by atoms with Gasteiger partial charge < -0.3 is 14.9 Å². The number of nitrogens with zero attached hydrogens (tertiary/aromatic N) is 2. The molecule has 1 rings (SSSR count). The maximum Gasteiger partial charge on any atom is 0.338 e. The van der Waals surface area contributed by atoms with Gasteiger partial charge in [-0.15, -0.1) is 0 Å². The van der Waals surface area contributed by atoms with Crippen LogP contribution in [0.4, 0.5) is 5.69 Å². The molecule has 8 heteroatoms. The smallest absolute Gasteiger partial charge is 0.338 e. The van der Waals surface area contributed by atoms with Gasteiger partial charge in [0.25, 0.3) is 5.69 Å². The molecule has 8 nitrogen and oxygen atoms in total. The quantitative estimate of drug-likeness (QED) is 0.470. The van der Waals surface area contributed by atoms with E-state index in [1.54, 1.807) is 6.07 Å². The van der Waals surface area contributed by atoms with Crippen molar-refractivity contribution < 1.29 is 24.7 Å². The Kier molecular flexibility index (Phi) is 5.35. The third kappa shape index (κ3) is 3.53. The Balaban J connectivity index is 3.43. The molecule has 2 unspecified atom stereocenters. The molecule has 0 heterocycles. The number of rotatable bonds is 5. The number of carbonyl (C=O) groups is 1. The van der Waals surface area contributed by atoms with Crippen molar-refractivity contribution in [1.29, 1.82) is 5.26 Å². The molecule has 0 amide bonds. The molecule has 1 aromatic carbocycles. The molecule has 0 aromatic heterocycles. The summed E-state index contributed by atoms with van der Waals surface area (Å²) in [5.74, 6) is -0.792. The standard InChI is InChI=1S/C13H14N2O6/c1-7-9(12(17)11(16)3-4-14)5-8(15(19)20)6-10(7)13(18)21-2/h5-6,11-12,16-17H,3H2,1-2H3. The number of aliphatic hydroxyl groups excluding tert-OH is 2. The second-order valence-electron chi connectivity index (χ2n) is 4.33. The van der Waals surface area contributed by atoms with Crippen molar-refractivity contribution in [2.45, 2.75) is 25.6 Å². The molecule has 0 aliphatic rings. The van der Waals surface area contributed by atoms with E-state index in [1.807, 2.05) is 0 Å². The molecule has 0 spiro atoms. The molecule has 112 valence electrons. The van der Waals surface area contributed by atoms with E-state index in [9.17, 15) is 25.1 Å². The second-order valence-corrected chi connectivity index (χ2v) is 4.33. The number of nitriles is 1. The van der Waals surface area contributed by atoms with Crippen LogP contribution in [0.15, 0.2) is 12.1 Å². The van der Waals surface area contributed by atoms with E-state index in [-0.39, 0.29) is 23.1 Å². The highest BCUT2D eigenvalue weighted by molar-refractivity contribution is 5.92. The lowest BCUT2D eigenvalue weighted by molar-refractivity contribution is -0.385. The van der Waals surface area contributed by atoms with Crippen molar-refractivity contribution in [3.63, 3.8) is 0 Å². The Hall–Kier alpha value is -2.50. The van der Waals surface area contributed by atoms with E-state index in [2.05, 4.69) is 4.74 Å². The maximum absolute atomic E-state index is 11.6. The summed E-state index contributed by atoms with van der Waals surface area (Å²) in [4.78, 5) is 21.8. The largest absolute Gasteiger partial charge is 0.465 e. The van der Waals surface area contributed by atoms with Gasteiger partial charge in [-0.1, -0.05) is 0 Å². The second kappa shape index (κ2) is 6.78. The summed E-state index contributed by atoms with van der Waals surface area (Å²) < 4.78 is 4.54. The average Bonchev–Trinajstić information content (AvgIpc) is 2.45. The molecule has 21 heavy (non-hydrogen) atoms. The molecule has 1 aromatic rings. The number of ether oxygens (including phenoxy) is 1. The summed E-state index contributed by atoms with van der Waals surface area (Å²) in [5.41, 5.74) is -0.242. The van der Waals surface area contributed by atoms with Crippen LogP contribution in [0.25, 0.3) is 0 Å². The first kappa shape index (κ1) is 16.6. The van der Waals surface area contributed by atoms with E-state index in [4.69, 9.17) is 5.26 Å². The van der Waals surface area contributed by atoms with Crippen molar-refractivity contribution in [1.82, 2.24) is 0 Å². The van der Waals surface area contributed by atoms with Crippen LogP contribution in [0.3, 0.4) is 0 Å². The number of nitro groups is 1. The van der Waals surface area contributed by atoms with Gasteiger partial charge in [0.05, 0.1) is 36.2 Å². The summed E-state index contributed by atoms with van der Waals surface area (Å²) in [6.45, 7) is 1.47. The lowest BCUT2D eigenvalue weighted by Crippen LogP contribution is -2.20. The molecule has 0 saturated carbocycles. The van der Waals surface area contributed by atoms with Crippen LogP contribution in [0.2, 0.25) is 0 Å². The minimum absolute atomic E-state index is 0.00681. The summed E-state index contributed by atoms with van der Waals surface area (Å²) in [5, 5.41) is 39.1. The normalized spacial score (nSPS) is 13.1. The molecule has 0 saturated heterocycles. The first-order valence-electron chi connectivity index (χ1n) is 5.93. The molecule has 0 radical (unpaired) electrons. The third-order valence-corrected chi connectivity index (χ3v) is 3.03. The minimum atomic E-state index is -1.52. The molecule has 0 aliphatic heterocycles. The van der Waals surface area contributed by atoms with Crippen molar-refractivity contribution >= 4 is 11.7 Å². The topological polar surface area (TPSA) is 134 Å². The Morgan fingerprint density at radius 1 is 1.52 bits per heavy atom. The van der Waals surface area contributed by atoms with Gasteiger partial charge in [0.15, 0.2) is 0 Å². The van der Waals surface area contributed by atoms with Gasteiger partial charge in [0.1, 0.15) is 6.10 Å². The number of non-ortho nitro benzene ring substituents is 1. The number of carbonyl (C=O) groups excluding carboxylic acids is 1. The summed E-state index contributed by atoms with van der Waals surface area (Å²) >= 11 is 0. The van der Waals surface area contributed by atoms with Crippen LogP contribution in [-0.4, -0.2) is 34.3 Å². The molecular weight excluding hydrogens is 280 g/mol. The van der Waals surface area contributed by atoms with Gasteiger partial charge in [-0.2, -0.15) is 5.26 Å². The summed E-state index contributed by atoms with van der Waals surface area (Å²) in [6.07, 6.45) is -3.29. The SMILES string of the molecule is COC(=O)c1cc([N+](=O)[O-])cc(C(O)C(O)CC#N)c1C. The highest BCUT2D eigenvalue weighted by Crippen LogP contribution is 2.29. The molecule has 2 atom stereocenters. The highest BCUT2D eigenvalue weighted by atomic mass is 16.6. The lowest BCUT2D eigenvalue weighted by atomic mass is 9.94. The Labute approximate surface area is 120 Å².